The SMILES string of the molecule is O=C(C[C@H]1C(=O)NCCN1Cc1ccc(F)cc1)NCc1cnc2c(c1)CCC2. The Morgan fingerprint density at radius 1 is 1.24 bits per heavy atom. The molecule has 2 N–H and O–H groups in total. The topological polar surface area (TPSA) is 74.3 Å². The van der Waals surface area contributed by atoms with Crippen LogP contribution >= 0.6 is 0 Å². The van der Waals surface area contributed by atoms with Crippen molar-refractivity contribution in [2.75, 3.05) is 13.1 Å². The van der Waals surface area contributed by atoms with Crippen molar-refractivity contribution in [3.8, 4) is 0 Å². The number of aromatic nitrogens is 1. The Bertz CT molecular complexity index is 900. The van der Waals surface area contributed by atoms with Gasteiger partial charge in [0, 0.05) is 38.1 Å². The van der Waals surface area contributed by atoms with Gasteiger partial charge in [0.2, 0.25) is 11.8 Å². The molecule has 1 aliphatic carbocycles. The van der Waals surface area contributed by atoms with Crippen LogP contribution in [0.2, 0.25) is 0 Å². The Morgan fingerprint density at radius 3 is 2.90 bits per heavy atom. The molecule has 2 heterocycles. The first-order valence-corrected chi connectivity index (χ1v) is 10.1. The van der Waals surface area contributed by atoms with Crippen molar-refractivity contribution >= 4 is 11.8 Å². The molecule has 0 bridgehead atoms. The van der Waals surface area contributed by atoms with E-state index in [1.54, 1.807) is 12.1 Å². The summed E-state index contributed by atoms with van der Waals surface area (Å²) in [5, 5.41) is 5.75. The molecule has 1 fully saturated rings. The Balaban J connectivity index is 1.35. The van der Waals surface area contributed by atoms with E-state index >= 15 is 0 Å². The lowest BCUT2D eigenvalue weighted by Crippen LogP contribution is -2.56. The first-order chi connectivity index (χ1) is 14.1. The quantitative estimate of drug-likeness (QED) is 0.780. The summed E-state index contributed by atoms with van der Waals surface area (Å²) in [5.41, 5.74) is 4.33. The standard InChI is InChI=1S/C22H25FN4O2/c23-18-6-4-15(5-7-18)14-27-9-8-24-22(29)20(27)11-21(28)26-13-16-10-17-2-1-3-19(17)25-12-16/h4-7,10,12,20H,1-3,8-9,11,13-14H2,(H,24,29)(H,26,28)/t20-/m0/s1. The summed E-state index contributed by atoms with van der Waals surface area (Å²) < 4.78 is 13.1. The highest BCUT2D eigenvalue weighted by molar-refractivity contribution is 5.88. The van der Waals surface area contributed by atoms with Crippen LogP contribution in [-0.4, -0.2) is 40.8 Å². The lowest BCUT2D eigenvalue weighted by Gasteiger charge is -2.34. The van der Waals surface area contributed by atoms with Crippen molar-refractivity contribution in [1.82, 2.24) is 20.5 Å². The average molecular weight is 396 g/mol. The fourth-order valence-electron chi connectivity index (χ4n) is 4.02. The number of halogens is 1. The minimum absolute atomic E-state index is 0.0887. The Kier molecular flexibility index (Phi) is 5.85. The molecule has 1 aromatic carbocycles. The summed E-state index contributed by atoms with van der Waals surface area (Å²) in [6.07, 6.45) is 5.12. The van der Waals surface area contributed by atoms with Gasteiger partial charge in [-0.25, -0.2) is 4.39 Å². The lowest BCUT2D eigenvalue weighted by atomic mass is 10.1. The molecule has 152 valence electrons. The molecule has 1 atom stereocenters. The number of nitrogens with one attached hydrogen (secondary N) is 2. The number of benzene rings is 1. The number of pyridine rings is 1. The fraction of sp³-hybridized carbons (Fsp3) is 0.409. The predicted molar refractivity (Wildman–Crippen MR) is 106 cm³/mol. The monoisotopic (exact) mass is 396 g/mol. The normalized spacial score (nSPS) is 18.9. The molecule has 0 spiro atoms. The van der Waals surface area contributed by atoms with Gasteiger partial charge in [-0.15, -0.1) is 0 Å². The third-order valence-corrected chi connectivity index (χ3v) is 5.59. The summed E-state index contributed by atoms with van der Waals surface area (Å²) in [6, 6.07) is 7.81. The third-order valence-electron chi connectivity index (χ3n) is 5.59. The highest BCUT2D eigenvalue weighted by atomic mass is 19.1. The number of carbonyl (C=O) groups excluding carboxylic acids is 2. The zero-order chi connectivity index (χ0) is 20.2. The van der Waals surface area contributed by atoms with Crippen LogP contribution in [-0.2, 0) is 35.5 Å². The molecule has 4 rings (SSSR count). The van der Waals surface area contributed by atoms with Gasteiger partial charge in [0.25, 0.3) is 0 Å². The minimum atomic E-state index is -0.535. The van der Waals surface area contributed by atoms with Gasteiger partial charge in [-0.2, -0.15) is 0 Å². The van der Waals surface area contributed by atoms with Crippen molar-refractivity contribution in [2.24, 2.45) is 0 Å². The smallest absolute Gasteiger partial charge is 0.237 e. The lowest BCUT2D eigenvalue weighted by molar-refractivity contribution is -0.134. The second-order valence-electron chi connectivity index (χ2n) is 7.69. The van der Waals surface area contributed by atoms with Crippen LogP contribution in [0, 0.1) is 5.82 Å². The molecule has 1 saturated heterocycles. The van der Waals surface area contributed by atoms with E-state index in [-0.39, 0.29) is 24.1 Å². The van der Waals surface area contributed by atoms with Crippen molar-refractivity contribution in [2.45, 2.75) is 44.8 Å². The number of nitrogens with zero attached hydrogens (tertiary/aromatic N) is 2. The zero-order valence-electron chi connectivity index (χ0n) is 16.3. The number of fused-ring (bicyclic) bond motifs is 1. The molecule has 6 nitrogen and oxygen atoms in total. The Labute approximate surface area is 169 Å². The number of amides is 2. The number of hydrogen-bond acceptors (Lipinski definition) is 4. The first kappa shape index (κ1) is 19.5. The highest BCUT2D eigenvalue weighted by Crippen LogP contribution is 2.20. The second kappa shape index (κ2) is 8.69. The van der Waals surface area contributed by atoms with Crippen LogP contribution in [0.5, 0.6) is 0 Å². The van der Waals surface area contributed by atoms with Crippen LogP contribution in [0.15, 0.2) is 36.5 Å². The molecule has 7 heteroatoms. The van der Waals surface area contributed by atoms with Gasteiger partial charge < -0.3 is 10.6 Å². The highest BCUT2D eigenvalue weighted by Gasteiger charge is 2.31. The van der Waals surface area contributed by atoms with Gasteiger partial charge in [-0.1, -0.05) is 18.2 Å². The number of piperazine rings is 1. The number of rotatable bonds is 6. The molecule has 2 amide bonds. The van der Waals surface area contributed by atoms with Gasteiger partial charge in [0.15, 0.2) is 0 Å². The molecule has 0 saturated carbocycles. The first-order valence-electron chi connectivity index (χ1n) is 10.1. The van der Waals surface area contributed by atoms with Gasteiger partial charge in [0.1, 0.15) is 5.82 Å². The van der Waals surface area contributed by atoms with Crippen LogP contribution in [0.1, 0.15) is 35.2 Å². The summed E-state index contributed by atoms with van der Waals surface area (Å²) >= 11 is 0. The maximum absolute atomic E-state index is 13.1. The van der Waals surface area contributed by atoms with E-state index in [0.717, 1.165) is 36.1 Å². The van der Waals surface area contributed by atoms with Crippen molar-refractivity contribution in [3.63, 3.8) is 0 Å². The molecule has 29 heavy (non-hydrogen) atoms. The van der Waals surface area contributed by atoms with Crippen LogP contribution < -0.4 is 10.6 Å². The maximum atomic E-state index is 13.1. The van der Waals surface area contributed by atoms with E-state index in [4.69, 9.17) is 0 Å². The molecule has 2 aliphatic rings. The van der Waals surface area contributed by atoms with Crippen molar-refractivity contribution < 1.29 is 14.0 Å². The second-order valence-corrected chi connectivity index (χ2v) is 7.69. The number of aryl methyl sites for hydroxylation is 2. The molecule has 1 aromatic heterocycles. The number of carbonyl (C=O) groups is 2. The van der Waals surface area contributed by atoms with Crippen molar-refractivity contribution in [1.29, 1.82) is 0 Å². The van der Waals surface area contributed by atoms with Crippen molar-refractivity contribution in [3.05, 3.63) is 64.7 Å². The van der Waals surface area contributed by atoms with E-state index in [1.165, 1.54) is 17.7 Å². The average Bonchev–Trinajstić information content (AvgIpc) is 3.18. The molecule has 1 aliphatic heterocycles. The number of hydrogen-bond donors (Lipinski definition) is 2. The van der Waals surface area contributed by atoms with Gasteiger partial charge in [-0.05, 0) is 48.1 Å². The van der Waals surface area contributed by atoms with Crippen LogP contribution in [0.3, 0.4) is 0 Å². The summed E-state index contributed by atoms with van der Waals surface area (Å²) in [7, 11) is 0. The maximum Gasteiger partial charge on any atom is 0.237 e. The Morgan fingerprint density at radius 2 is 2.07 bits per heavy atom. The molecule has 0 radical (unpaired) electrons. The Hall–Kier alpha value is -2.80. The van der Waals surface area contributed by atoms with Gasteiger partial charge >= 0.3 is 0 Å². The fourth-order valence-corrected chi connectivity index (χ4v) is 4.02. The predicted octanol–water partition coefficient (Wildman–Crippen LogP) is 1.72. The van der Waals surface area contributed by atoms with E-state index in [0.29, 0.717) is 26.2 Å². The largest absolute Gasteiger partial charge is 0.353 e. The van der Waals surface area contributed by atoms with E-state index in [2.05, 4.69) is 21.7 Å². The summed E-state index contributed by atoms with van der Waals surface area (Å²) in [4.78, 5) is 31.4. The van der Waals surface area contributed by atoms with E-state index in [9.17, 15) is 14.0 Å². The molecular weight excluding hydrogens is 371 g/mol. The molecular formula is C22H25FN4O2. The third kappa shape index (κ3) is 4.79. The van der Waals surface area contributed by atoms with E-state index in [1.807, 2.05) is 11.1 Å². The van der Waals surface area contributed by atoms with E-state index < -0.39 is 6.04 Å². The molecule has 0 unspecified atom stereocenters. The van der Waals surface area contributed by atoms with Crippen LogP contribution in [0.25, 0.3) is 0 Å². The molecule has 2 aromatic rings. The summed E-state index contributed by atoms with van der Waals surface area (Å²) in [5.74, 6) is -0.605. The zero-order valence-corrected chi connectivity index (χ0v) is 16.3. The van der Waals surface area contributed by atoms with Gasteiger partial charge in [0.05, 0.1) is 12.5 Å². The minimum Gasteiger partial charge on any atom is -0.353 e. The summed E-state index contributed by atoms with van der Waals surface area (Å²) in [6.45, 7) is 2.10. The van der Waals surface area contributed by atoms with Crippen LogP contribution in [0.4, 0.5) is 4.39 Å². The van der Waals surface area contributed by atoms with Gasteiger partial charge in [-0.3, -0.25) is 19.5 Å².